The van der Waals surface area contributed by atoms with Crippen LogP contribution in [0, 0.1) is 0 Å². The minimum Gasteiger partial charge on any atom is -0.384 e. The van der Waals surface area contributed by atoms with Crippen LogP contribution in [0.3, 0.4) is 0 Å². The Kier molecular flexibility index (Phi) is 2.62. The van der Waals surface area contributed by atoms with Crippen LogP contribution in [0.25, 0.3) is 0 Å². The molecule has 0 saturated heterocycles. The fourth-order valence-corrected chi connectivity index (χ4v) is 2.98. The van der Waals surface area contributed by atoms with E-state index in [4.69, 9.17) is 5.73 Å². The molecule has 70 valence electrons. The SMILES string of the molecule is NC1CCNc2c(Br)cc(Br)cc21. The van der Waals surface area contributed by atoms with Crippen molar-refractivity contribution in [3.8, 4) is 0 Å². The van der Waals surface area contributed by atoms with Crippen molar-refractivity contribution in [2.45, 2.75) is 12.5 Å². The van der Waals surface area contributed by atoms with Crippen molar-refractivity contribution in [3.05, 3.63) is 26.6 Å². The van der Waals surface area contributed by atoms with E-state index in [1.165, 1.54) is 5.56 Å². The molecule has 1 atom stereocenters. The molecular weight excluding hydrogens is 296 g/mol. The summed E-state index contributed by atoms with van der Waals surface area (Å²) >= 11 is 6.97. The van der Waals surface area contributed by atoms with Gasteiger partial charge >= 0.3 is 0 Å². The number of benzene rings is 1. The van der Waals surface area contributed by atoms with E-state index in [2.05, 4.69) is 43.2 Å². The Hall–Kier alpha value is -0.0600. The second-order valence-electron chi connectivity index (χ2n) is 3.17. The van der Waals surface area contributed by atoms with Gasteiger partial charge in [0.25, 0.3) is 0 Å². The number of hydrogen-bond donors (Lipinski definition) is 2. The van der Waals surface area contributed by atoms with E-state index in [1.54, 1.807) is 0 Å². The third-order valence-electron chi connectivity index (χ3n) is 2.24. The maximum absolute atomic E-state index is 6.00. The summed E-state index contributed by atoms with van der Waals surface area (Å²) in [5.74, 6) is 0. The van der Waals surface area contributed by atoms with Crippen molar-refractivity contribution in [1.29, 1.82) is 0 Å². The highest BCUT2D eigenvalue weighted by atomic mass is 79.9. The summed E-state index contributed by atoms with van der Waals surface area (Å²) in [6, 6.07) is 4.27. The smallest absolute Gasteiger partial charge is 0.0533 e. The minimum absolute atomic E-state index is 0.157. The molecule has 0 spiro atoms. The molecule has 1 heterocycles. The Labute approximate surface area is 94.1 Å². The van der Waals surface area contributed by atoms with Crippen LogP contribution >= 0.6 is 31.9 Å². The molecular formula is C9H10Br2N2. The maximum atomic E-state index is 6.00. The van der Waals surface area contributed by atoms with Crippen molar-refractivity contribution in [2.75, 3.05) is 11.9 Å². The topological polar surface area (TPSA) is 38.0 Å². The molecule has 3 N–H and O–H groups in total. The van der Waals surface area contributed by atoms with E-state index in [-0.39, 0.29) is 6.04 Å². The van der Waals surface area contributed by atoms with E-state index in [1.807, 2.05) is 6.07 Å². The number of nitrogens with one attached hydrogen (secondary N) is 1. The van der Waals surface area contributed by atoms with Gasteiger partial charge < -0.3 is 11.1 Å². The molecule has 13 heavy (non-hydrogen) atoms. The number of rotatable bonds is 0. The molecule has 0 bridgehead atoms. The standard InChI is InChI=1S/C9H10Br2N2/c10-5-3-6-8(12)1-2-13-9(6)7(11)4-5/h3-4,8,13H,1-2,12H2. The molecule has 1 aliphatic rings. The van der Waals surface area contributed by atoms with Crippen molar-refractivity contribution in [1.82, 2.24) is 0 Å². The molecule has 0 aromatic heterocycles. The zero-order chi connectivity index (χ0) is 9.42. The van der Waals surface area contributed by atoms with Gasteiger partial charge in [-0.05, 0) is 40.0 Å². The summed E-state index contributed by atoms with van der Waals surface area (Å²) < 4.78 is 2.14. The molecule has 0 radical (unpaired) electrons. The molecule has 0 aliphatic carbocycles. The van der Waals surface area contributed by atoms with Gasteiger partial charge in [-0.25, -0.2) is 0 Å². The molecule has 0 fully saturated rings. The molecule has 4 heteroatoms. The van der Waals surface area contributed by atoms with Gasteiger partial charge in [0.15, 0.2) is 0 Å². The zero-order valence-corrected chi connectivity index (χ0v) is 10.2. The van der Waals surface area contributed by atoms with E-state index in [9.17, 15) is 0 Å². The van der Waals surface area contributed by atoms with E-state index < -0.39 is 0 Å². The van der Waals surface area contributed by atoms with Gasteiger partial charge in [-0.15, -0.1) is 0 Å². The lowest BCUT2D eigenvalue weighted by Crippen LogP contribution is -2.22. The van der Waals surface area contributed by atoms with Crippen LogP contribution in [-0.4, -0.2) is 6.54 Å². The molecule has 0 saturated carbocycles. The molecule has 1 aromatic rings. The first-order valence-corrected chi connectivity index (χ1v) is 5.75. The number of anilines is 1. The highest BCUT2D eigenvalue weighted by molar-refractivity contribution is 9.11. The van der Waals surface area contributed by atoms with Crippen LogP contribution in [0.1, 0.15) is 18.0 Å². The van der Waals surface area contributed by atoms with Gasteiger partial charge in [0.2, 0.25) is 0 Å². The molecule has 1 aromatic carbocycles. The fraction of sp³-hybridized carbons (Fsp3) is 0.333. The summed E-state index contributed by atoms with van der Waals surface area (Å²) in [5.41, 5.74) is 8.33. The summed E-state index contributed by atoms with van der Waals surface area (Å²) in [7, 11) is 0. The van der Waals surface area contributed by atoms with Crippen LogP contribution in [0.2, 0.25) is 0 Å². The van der Waals surface area contributed by atoms with Gasteiger partial charge in [-0.2, -0.15) is 0 Å². The predicted octanol–water partition coefficient (Wildman–Crippen LogP) is 3.03. The highest BCUT2D eigenvalue weighted by Crippen LogP contribution is 2.36. The van der Waals surface area contributed by atoms with Gasteiger partial charge in [-0.3, -0.25) is 0 Å². The maximum Gasteiger partial charge on any atom is 0.0533 e. The Morgan fingerprint density at radius 2 is 2.15 bits per heavy atom. The van der Waals surface area contributed by atoms with Crippen molar-refractivity contribution in [2.24, 2.45) is 5.73 Å². The largest absolute Gasteiger partial charge is 0.384 e. The average molecular weight is 306 g/mol. The predicted molar refractivity (Wildman–Crippen MR) is 61.9 cm³/mol. The lowest BCUT2D eigenvalue weighted by molar-refractivity contribution is 0.654. The van der Waals surface area contributed by atoms with Crippen molar-refractivity contribution < 1.29 is 0 Å². The first-order valence-electron chi connectivity index (χ1n) is 4.17. The number of hydrogen-bond acceptors (Lipinski definition) is 2. The molecule has 0 amide bonds. The van der Waals surface area contributed by atoms with Gasteiger partial charge in [-0.1, -0.05) is 15.9 Å². The molecule has 2 rings (SSSR count). The summed E-state index contributed by atoms with van der Waals surface area (Å²) in [5, 5.41) is 3.34. The zero-order valence-electron chi connectivity index (χ0n) is 6.98. The van der Waals surface area contributed by atoms with Gasteiger partial charge in [0.05, 0.1) is 5.69 Å². The Balaban J connectivity index is 2.56. The number of halogens is 2. The van der Waals surface area contributed by atoms with Crippen LogP contribution in [0.15, 0.2) is 21.1 Å². The summed E-state index contributed by atoms with van der Waals surface area (Å²) in [4.78, 5) is 0. The van der Waals surface area contributed by atoms with Crippen LogP contribution < -0.4 is 11.1 Å². The number of fused-ring (bicyclic) bond motifs is 1. The normalized spacial score (nSPS) is 20.7. The minimum atomic E-state index is 0.157. The quantitative estimate of drug-likeness (QED) is 0.773. The summed E-state index contributed by atoms with van der Waals surface area (Å²) in [6.45, 7) is 0.953. The van der Waals surface area contributed by atoms with Crippen molar-refractivity contribution >= 4 is 37.5 Å². The van der Waals surface area contributed by atoms with Gasteiger partial charge in [0, 0.05) is 21.5 Å². The summed E-state index contributed by atoms with van der Waals surface area (Å²) in [6.07, 6.45) is 0.996. The third-order valence-corrected chi connectivity index (χ3v) is 3.33. The first-order chi connectivity index (χ1) is 6.18. The van der Waals surface area contributed by atoms with E-state index in [0.29, 0.717) is 0 Å². The Morgan fingerprint density at radius 1 is 1.38 bits per heavy atom. The van der Waals surface area contributed by atoms with Crippen LogP contribution in [0.4, 0.5) is 5.69 Å². The van der Waals surface area contributed by atoms with Crippen LogP contribution in [-0.2, 0) is 0 Å². The first kappa shape index (κ1) is 9.49. The monoisotopic (exact) mass is 304 g/mol. The second kappa shape index (κ2) is 3.59. The lowest BCUT2D eigenvalue weighted by Gasteiger charge is -2.25. The Bertz CT molecular complexity index is 339. The van der Waals surface area contributed by atoms with Crippen LogP contribution in [0.5, 0.6) is 0 Å². The van der Waals surface area contributed by atoms with Gasteiger partial charge in [0.1, 0.15) is 0 Å². The average Bonchev–Trinajstić information content (AvgIpc) is 2.07. The Morgan fingerprint density at radius 3 is 2.92 bits per heavy atom. The van der Waals surface area contributed by atoms with E-state index >= 15 is 0 Å². The second-order valence-corrected chi connectivity index (χ2v) is 4.94. The molecule has 1 unspecified atom stereocenters. The highest BCUT2D eigenvalue weighted by Gasteiger charge is 2.18. The molecule has 1 aliphatic heterocycles. The fourth-order valence-electron chi connectivity index (χ4n) is 1.58. The lowest BCUT2D eigenvalue weighted by atomic mass is 9.99. The number of nitrogens with two attached hydrogens (primary N) is 1. The van der Waals surface area contributed by atoms with Crippen molar-refractivity contribution in [3.63, 3.8) is 0 Å². The third kappa shape index (κ3) is 1.75. The van der Waals surface area contributed by atoms with E-state index in [0.717, 1.165) is 27.6 Å². The molecule has 2 nitrogen and oxygen atoms in total.